The molecule has 1 aromatic carbocycles. The average Bonchev–Trinajstić information content (AvgIpc) is 2.85. The Hall–Kier alpha value is -1.39. The summed E-state index contributed by atoms with van der Waals surface area (Å²) in [6.07, 6.45) is 0.588. The Morgan fingerprint density at radius 3 is 2.68 bits per heavy atom. The van der Waals surface area contributed by atoms with Crippen molar-refractivity contribution in [2.45, 2.75) is 31.2 Å². The number of ether oxygens (including phenoxy) is 1. The predicted octanol–water partition coefficient (Wildman–Crippen LogP) is 1.20. The Bertz CT molecular complexity index is 437. The molecule has 1 saturated heterocycles. The van der Waals surface area contributed by atoms with Gasteiger partial charge in [0, 0.05) is 18.6 Å². The standard InChI is InChI=1S/C15H22N2O2/c1-14(2,12-6-4-3-5-7-12)10-17-13(18)15(16)8-9-19-11-15/h3-7H,8-11,16H2,1-2H3,(H,17,18). The molecular formula is C15H22N2O2. The molecule has 0 radical (unpaired) electrons. The summed E-state index contributed by atoms with van der Waals surface area (Å²) in [6, 6.07) is 10.2. The van der Waals surface area contributed by atoms with Crippen molar-refractivity contribution in [1.82, 2.24) is 5.32 Å². The summed E-state index contributed by atoms with van der Waals surface area (Å²) in [6.45, 7) is 5.65. The highest BCUT2D eigenvalue weighted by molar-refractivity contribution is 5.86. The van der Waals surface area contributed by atoms with Gasteiger partial charge in [0.25, 0.3) is 0 Å². The monoisotopic (exact) mass is 262 g/mol. The van der Waals surface area contributed by atoms with Crippen molar-refractivity contribution in [1.29, 1.82) is 0 Å². The Kier molecular flexibility index (Phi) is 3.92. The van der Waals surface area contributed by atoms with Crippen molar-refractivity contribution in [3.8, 4) is 0 Å². The van der Waals surface area contributed by atoms with Crippen LogP contribution in [0.3, 0.4) is 0 Å². The quantitative estimate of drug-likeness (QED) is 0.857. The van der Waals surface area contributed by atoms with Gasteiger partial charge >= 0.3 is 0 Å². The van der Waals surface area contributed by atoms with Crippen LogP contribution in [0.25, 0.3) is 0 Å². The molecule has 4 heteroatoms. The molecule has 1 fully saturated rings. The largest absolute Gasteiger partial charge is 0.379 e. The van der Waals surface area contributed by atoms with Gasteiger partial charge in [-0.1, -0.05) is 44.2 Å². The summed E-state index contributed by atoms with van der Waals surface area (Å²) >= 11 is 0. The van der Waals surface area contributed by atoms with Crippen LogP contribution in [0.5, 0.6) is 0 Å². The smallest absolute Gasteiger partial charge is 0.242 e. The van der Waals surface area contributed by atoms with Gasteiger partial charge in [-0.2, -0.15) is 0 Å². The van der Waals surface area contributed by atoms with E-state index < -0.39 is 5.54 Å². The molecule has 1 heterocycles. The lowest BCUT2D eigenvalue weighted by atomic mass is 9.84. The fourth-order valence-electron chi connectivity index (χ4n) is 2.23. The molecular weight excluding hydrogens is 240 g/mol. The molecule has 19 heavy (non-hydrogen) atoms. The van der Waals surface area contributed by atoms with Crippen molar-refractivity contribution in [2.75, 3.05) is 19.8 Å². The first-order valence-corrected chi connectivity index (χ1v) is 6.65. The van der Waals surface area contributed by atoms with Crippen LogP contribution in [0.4, 0.5) is 0 Å². The maximum Gasteiger partial charge on any atom is 0.242 e. The van der Waals surface area contributed by atoms with Gasteiger partial charge in [-0.05, 0) is 12.0 Å². The minimum absolute atomic E-state index is 0.117. The SMILES string of the molecule is CC(C)(CNC(=O)C1(N)CCOC1)c1ccccc1. The molecule has 1 atom stereocenters. The van der Waals surface area contributed by atoms with Gasteiger partial charge in [0.1, 0.15) is 5.54 Å². The Morgan fingerprint density at radius 1 is 1.42 bits per heavy atom. The van der Waals surface area contributed by atoms with Gasteiger partial charge in [-0.3, -0.25) is 4.79 Å². The molecule has 0 spiro atoms. The number of hydrogen-bond donors (Lipinski definition) is 2. The van der Waals surface area contributed by atoms with E-state index in [1.165, 1.54) is 5.56 Å². The van der Waals surface area contributed by atoms with Crippen molar-refractivity contribution in [3.05, 3.63) is 35.9 Å². The van der Waals surface area contributed by atoms with Crippen molar-refractivity contribution in [3.63, 3.8) is 0 Å². The minimum atomic E-state index is -0.854. The molecule has 1 aliphatic rings. The third kappa shape index (κ3) is 3.14. The topological polar surface area (TPSA) is 64.4 Å². The van der Waals surface area contributed by atoms with Crippen LogP contribution in [-0.4, -0.2) is 31.2 Å². The number of rotatable bonds is 4. The van der Waals surface area contributed by atoms with Crippen LogP contribution in [0.2, 0.25) is 0 Å². The zero-order valence-corrected chi connectivity index (χ0v) is 11.6. The predicted molar refractivity (Wildman–Crippen MR) is 74.8 cm³/mol. The third-order valence-corrected chi connectivity index (χ3v) is 3.75. The number of carbonyl (C=O) groups is 1. The lowest BCUT2D eigenvalue weighted by Gasteiger charge is -2.28. The summed E-state index contributed by atoms with van der Waals surface area (Å²) < 4.78 is 5.21. The molecule has 104 valence electrons. The first-order chi connectivity index (χ1) is 8.94. The summed E-state index contributed by atoms with van der Waals surface area (Å²) in [5.41, 5.74) is 6.26. The van der Waals surface area contributed by atoms with Crippen molar-refractivity contribution in [2.24, 2.45) is 5.73 Å². The summed E-state index contributed by atoms with van der Waals surface area (Å²) in [5.74, 6) is -0.117. The lowest BCUT2D eigenvalue weighted by molar-refractivity contribution is -0.126. The fourth-order valence-corrected chi connectivity index (χ4v) is 2.23. The molecule has 2 rings (SSSR count). The highest BCUT2D eigenvalue weighted by Crippen LogP contribution is 2.22. The third-order valence-electron chi connectivity index (χ3n) is 3.75. The summed E-state index contributed by atoms with van der Waals surface area (Å²) in [7, 11) is 0. The molecule has 0 bridgehead atoms. The van der Waals surface area contributed by atoms with Gasteiger partial charge in [-0.15, -0.1) is 0 Å². The number of hydrogen-bond acceptors (Lipinski definition) is 3. The zero-order valence-electron chi connectivity index (χ0n) is 11.6. The van der Waals surface area contributed by atoms with E-state index in [4.69, 9.17) is 10.5 Å². The number of carbonyl (C=O) groups excluding carboxylic acids is 1. The highest BCUT2D eigenvalue weighted by atomic mass is 16.5. The molecule has 3 N–H and O–H groups in total. The van der Waals surface area contributed by atoms with Crippen LogP contribution >= 0.6 is 0 Å². The molecule has 0 aromatic heterocycles. The van der Waals surface area contributed by atoms with E-state index in [2.05, 4.69) is 31.3 Å². The molecule has 0 saturated carbocycles. The minimum Gasteiger partial charge on any atom is -0.379 e. The number of benzene rings is 1. The van der Waals surface area contributed by atoms with E-state index in [1.807, 2.05) is 18.2 Å². The van der Waals surface area contributed by atoms with Gasteiger partial charge in [0.15, 0.2) is 0 Å². The molecule has 1 aliphatic heterocycles. The Balaban J connectivity index is 1.96. The van der Waals surface area contributed by atoms with E-state index in [1.54, 1.807) is 0 Å². The van der Waals surface area contributed by atoms with Crippen LogP contribution in [0.15, 0.2) is 30.3 Å². The van der Waals surface area contributed by atoms with E-state index >= 15 is 0 Å². The van der Waals surface area contributed by atoms with Gasteiger partial charge < -0.3 is 15.8 Å². The number of nitrogens with two attached hydrogens (primary N) is 1. The zero-order chi connectivity index (χ0) is 13.9. The van der Waals surface area contributed by atoms with E-state index in [9.17, 15) is 4.79 Å². The second-order valence-corrected chi connectivity index (χ2v) is 5.89. The second kappa shape index (κ2) is 5.31. The van der Waals surface area contributed by atoms with Gasteiger partial charge in [-0.25, -0.2) is 0 Å². The molecule has 1 unspecified atom stereocenters. The maximum absolute atomic E-state index is 12.1. The molecule has 0 aliphatic carbocycles. The van der Waals surface area contributed by atoms with Crippen LogP contribution in [0.1, 0.15) is 25.8 Å². The second-order valence-electron chi connectivity index (χ2n) is 5.89. The lowest BCUT2D eigenvalue weighted by Crippen LogP contribution is -2.56. The molecule has 1 amide bonds. The van der Waals surface area contributed by atoms with Gasteiger partial charge in [0.05, 0.1) is 6.61 Å². The first-order valence-electron chi connectivity index (χ1n) is 6.65. The first kappa shape index (κ1) is 14.0. The van der Waals surface area contributed by atoms with E-state index in [0.717, 1.165) is 0 Å². The summed E-state index contributed by atoms with van der Waals surface area (Å²) in [5, 5.41) is 2.96. The Labute approximate surface area is 114 Å². The normalized spacial score (nSPS) is 23.3. The highest BCUT2D eigenvalue weighted by Gasteiger charge is 2.38. The van der Waals surface area contributed by atoms with Crippen molar-refractivity contribution >= 4 is 5.91 Å². The Morgan fingerprint density at radius 2 is 2.11 bits per heavy atom. The van der Waals surface area contributed by atoms with Crippen LogP contribution < -0.4 is 11.1 Å². The van der Waals surface area contributed by atoms with Crippen molar-refractivity contribution < 1.29 is 9.53 Å². The van der Waals surface area contributed by atoms with Gasteiger partial charge in [0.2, 0.25) is 5.91 Å². The van der Waals surface area contributed by atoms with Crippen LogP contribution in [-0.2, 0) is 14.9 Å². The van der Waals surface area contributed by atoms with Crippen LogP contribution in [0, 0.1) is 0 Å². The average molecular weight is 262 g/mol. The number of amides is 1. The number of nitrogens with one attached hydrogen (secondary N) is 1. The fraction of sp³-hybridized carbons (Fsp3) is 0.533. The van der Waals surface area contributed by atoms with E-state index in [-0.39, 0.29) is 11.3 Å². The molecule has 4 nitrogen and oxygen atoms in total. The van der Waals surface area contributed by atoms with E-state index in [0.29, 0.717) is 26.2 Å². The molecule has 1 aromatic rings. The maximum atomic E-state index is 12.1. The summed E-state index contributed by atoms with van der Waals surface area (Å²) in [4.78, 5) is 12.1.